The fraction of sp³-hybridized carbons (Fsp3) is 0.333. The smallest absolute Gasteiger partial charge is 0.168 e. The molecule has 0 bridgehead atoms. The summed E-state index contributed by atoms with van der Waals surface area (Å²) in [5.74, 6) is 0.996. The minimum absolute atomic E-state index is 0.996. The van der Waals surface area contributed by atoms with Crippen molar-refractivity contribution in [2.75, 3.05) is 13.2 Å². The van der Waals surface area contributed by atoms with Crippen LogP contribution in [0.5, 0.6) is 0 Å². The molecule has 0 unspecified atom stereocenters. The zero-order valence-electron chi connectivity index (χ0n) is 8.11. The second kappa shape index (κ2) is 4.82. The molecule has 2 aliphatic rings. The number of ether oxygens (including phenoxy) is 2. The summed E-state index contributed by atoms with van der Waals surface area (Å²) < 4.78 is 9.83. The molecule has 2 nitrogen and oxygen atoms in total. The highest BCUT2D eigenvalue weighted by Gasteiger charge is 2.10. The summed E-state index contributed by atoms with van der Waals surface area (Å²) in [5.41, 5.74) is 1.16. The van der Waals surface area contributed by atoms with E-state index in [1.807, 2.05) is 30.3 Å². The molecule has 0 N–H and O–H groups in total. The van der Waals surface area contributed by atoms with Crippen molar-refractivity contribution in [3.8, 4) is 0 Å². The predicted octanol–water partition coefficient (Wildman–Crippen LogP) is 2.81. The van der Waals surface area contributed by atoms with Crippen molar-refractivity contribution in [2.24, 2.45) is 0 Å². The van der Waals surface area contributed by atoms with E-state index in [1.54, 1.807) is 6.26 Å². The first-order valence-corrected chi connectivity index (χ1v) is 4.97. The van der Waals surface area contributed by atoms with Gasteiger partial charge in [0.05, 0.1) is 0 Å². The van der Waals surface area contributed by atoms with Crippen LogP contribution in [0.3, 0.4) is 0 Å². The average molecular weight is 190 g/mol. The average Bonchev–Trinajstić information content (AvgIpc) is 2.93. The van der Waals surface area contributed by atoms with Gasteiger partial charge in [-0.25, -0.2) is 0 Å². The molecule has 0 saturated carbocycles. The van der Waals surface area contributed by atoms with Gasteiger partial charge in [-0.15, -0.1) is 0 Å². The second-order valence-electron chi connectivity index (χ2n) is 3.29. The molecule has 74 valence electrons. The molecule has 14 heavy (non-hydrogen) atoms. The Labute approximate surface area is 84.2 Å². The van der Waals surface area contributed by atoms with E-state index < -0.39 is 0 Å². The van der Waals surface area contributed by atoms with E-state index in [-0.39, 0.29) is 0 Å². The van der Waals surface area contributed by atoms with Gasteiger partial charge in [0.2, 0.25) is 0 Å². The van der Waals surface area contributed by atoms with Crippen molar-refractivity contribution in [2.45, 2.75) is 12.8 Å². The lowest BCUT2D eigenvalue weighted by Crippen LogP contribution is -1.74. The van der Waals surface area contributed by atoms with Crippen LogP contribution in [0.15, 0.2) is 36.6 Å². The number of hydrogen-bond donors (Lipinski definition) is 0. The molecule has 0 amide bonds. The van der Waals surface area contributed by atoms with Crippen LogP contribution in [-0.2, 0) is 9.47 Å². The van der Waals surface area contributed by atoms with Crippen LogP contribution in [0.25, 0.3) is 5.76 Å². The standard InChI is InChI=1S/C8H6O.C4H8O/c1-2-4-7(5-3-1)8-6-9-8;1-2-4-5-3-1/h1-6H;1-4H2. The Hall–Kier alpha value is -1.28. The van der Waals surface area contributed by atoms with Crippen LogP contribution < -0.4 is 0 Å². The lowest BCUT2D eigenvalue weighted by atomic mass is 10.2. The van der Waals surface area contributed by atoms with Crippen molar-refractivity contribution >= 4 is 5.76 Å². The van der Waals surface area contributed by atoms with Crippen LogP contribution in [0.1, 0.15) is 18.4 Å². The molecule has 1 aromatic rings. The quantitative estimate of drug-likeness (QED) is 0.679. The minimum Gasteiger partial charge on any atom is -0.457 e. The largest absolute Gasteiger partial charge is 0.457 e. The molecule has 2 heterocycles. The van der Waals surface area contributed by atoms with Gasteiger partial charge in [0.1, 0.15) is 6.26 Å². The zero-order valence-corrected chi connectivity index (χ0v) is 8.11. The van der Waals surface area contributed by atoms with Crippen molar-refractivity contribution in [1.29, 1.82) is 0 Å². The number of benzene rings is 1. The molecule has 0 aromatic heterocycles. The summed E-state index contributed by atoms with van der Waals surface area (Å²) in [6, 6.07) is 10.0. The van der Waals surface area contributed by atoms with Crippen LogP contribution in [-0.4, -0.2) is 13.2 Å². The van der Waals surface area contributed by atoms with Gasteiger partial charge in [-0.2, -0.15) is 0 Å². The second-order valence-corrected chi connectivity index (χ2v) is 3.29. The van der Waals surface area contributed by atoms with Crippen LogP contribution in [0.2, 0.25) is 0 Å². The fourth-order valence-electron chi connectivity index (χ4n) is 1.28. The van der Waals surface area contributed by atoms with Crippen molar-refractivity contribution in [3.05, 3.63) is 42.2 Å². The maximum Gasteiger partial charge on any atom is 0.168 e. The Bertz CT molecular complexity index is 292. The van der Waals surface area contributed by atoms with E-state index in [2.05, 4.69) is 0 Å². The summed E-state index contributed by atoms with van der Waals surface area (Å²) in [7, 11) is 0. The molecule has 2 aliphatic heterocycles. The van der Waals surface area contributed by atoms with E-state index >= 15 is 0 Å². The van der Waals surface area contributed by atoms with Gasteiger partial charge in [-0.1, -0.05) is 30.3 Å². The van der Waals surface area contributed by atoms with Gasteiger partial charge in [-0.3, -0.25) is 0 Å². The highest BCUT2D eigenvalue weighted by Crippen LogP contribution is 2.25. The van der Waals surface area contributed by atoms with Gasteiger partial charge >= 0.3 is 0 Å². The van der Waals surface area contributed by atoms with Crippen molar-refractivity contribution in [3.63, 3.8) is 0 Å². The van der Waals surface area contributed by atoms with Gasteiger partial charge in [0.25, 0.3) is 0 Å². The predicted molar refractivity (Wildman–Crippen MR) is 55.6 cm³/mol. The van der Waals surface area contributed by atoms with Crippen molar-refractivity contribution in [1.82, 2.24) is 0 Å². The van der Waals surface area contributed by atoms with E-state index in [4.69, 9.17) is 9.47 Å². The molecule has 1 saturated heterocycles. The van der Waals surface area contributed by atoms with E-state index in [9.17, 15) is 0 Å². The fourth-order valence-corrected chi connectivity index (χ4v) is 1.28. The monoisotopic (exact) mass is 190 g/mol. The number of hydrogen-bond acceptors (Lipinski definition) is 2. The van der Waals surface area contributed by atoms with E-state index in [0.717, 1.165) is 24.5 Å². The van der Waals surface area contributed by atoms with Gasteiger partial charge in [0, 0.05) is 18.8 Å². The molecule has 1 aromatic carbocycles. The van der Waals surface area contributed by atoms with Gasteiger partial charge < -0.3 is 9.47 Å². The normalized spacial score (nSPS) is 17.6. The third-order valence-electron chi connectivity index (χ3n) is 2.12. The Morgan fingerprint density at radius 2 is 1.57 bits per heavy atom. The molecule has 0 spiro atoms. The van der Waals surface area contributed by atoms with Crippen molar-refractivity contribution < 1.29 is 9.47 Å². The maximum atomic E-state index is 4.94. The Balaban J connectivity index is 0.000000128. The van der Waals surface area contributed by atoms with Crippen LogP contribution >= 0.6 is 0 Å². The molecular weight excluding hydrogens is 176 g/mol. The molecule has 0 atom stereocenters. The third kappa shape index (κ3) is 2.89. The summed E-state index contributed by atoms with van der Waals surface area (Å²) in [5, 5.41) is 0. The molecular formula is C12H14O2. The molecule has 0 radical (unpaired) electrons. The van der Waals surface area contributed by atoms with Crippen LogP contribution in [0.4, 0.5) is 0 Å². The lowest BCUT2D eigenvalue weighted by Gasteiger charge is -1.86. The zero-order chi connectivity index (χ0) is 9.64. The first-order valence-electron chi connectivity index (χ1n) is 4.97. The summed E-state index contributed by atoms with van der Waals surface area (Å²) in [4.78, 5) is 0. The Morgan fingerprint density at radius 3 is 2.00 bits per heavy atom. The first-order chi connectivity index (χ1) is 6.97. The van der Waals surface area contributed by atoms with Gasteiger partial charge in [-0.05, 0) is 12.8 Å². The highest BCUT2D eigenvalue weighted by molar-refractivity contribution is 5.66. The summed E-state index contributed by atoms with van der Waals surface area (Å²) in [6.07, 6.45) is 4.30. The highest BCUT2D eigenvalue weighted by atomic mass is 16.5. The maximum absolute atomic E-state index is 4.94. The molecule has 3 rings (SSSR count). The summed E-state index contributed by atoms with van der Waals surface area (Å²) >= 11 is 0. The Kier molecular flexibility index (Phi) is 3.19. The topological polar surface area (TPSA) is 21.8 Å². The molecule has 2 heteroatoms. The molecule has 1 fully saturated rings. The minimum atomic E-state index is 0.996. The number of rotatable bonds is 1. The lowest BCUT2D eigenvalue weighted by molar-refractivity contribution is 0.198. The van der Waals surface area contributed by atoms with E-state index in [1.165, 1.54) is 12.8 Å². The SMILES string of the molecule is C1=C(c2ccccc2)O1.C1CCOC1. The van der Waals surface area contributed by atoms with E-state index in [0.29, 0.717) is 0 Å². The molecule has 0 aliphatic carbocycles. The van der Waals surface area contributed by atoms with Gasteiger partial charge in [0.15, 0.2) is 5.76 Å². The first kappa shape index (κ1) is 9.28. The van der Waals surface area contributed by atoms with Crippen LogP contribution in [0, 0.1) is 0 Å². The Morgan fingerprint density at radius 1 is 0.929 bits per heavy atom. The third-order valence-corrected chi connectivity index (χ3v) is 2.12. The summed E-state index contributed by atoms with van der Waals surface area (Å²) in [6.45, 7) is 2.00.